The molecule has 4 heteroatoms. The summed E-state index contributed by atoms with van der Waals surface area (Å²) in [6.45, 7) is 5.61. The zero-order valence-corrected chi connectivity index (χ0v) is 12.1. The van der Waals surface area contributed by atoms with Gasteiger partial charge in [0.05, 0.1) is 6.04 Å². The molecule has 3 atom stereocenters. The summed E-state index contributed by atoms with van der Waals surface area (Å²) in [6.07, 6.45) is 4.74. The van der Waals surface area contributed by atoms with Crippen molar-refractivity contribution in [2.24, 2.45) is 5.73 Å². The Morgan fingerprint density at radius 2 is 2.22 bits per heavy atom. The molecule has 1 fully saturated rings. The molecular weight excluding hydrogens is 242 g/mol. The highest BCUT2D eigenvalue weighted by molar-refractivity contribution is 7.99. The Morgan fingerprint density at radius 1 is 1.50 bits per heavy atom. The first-order valence-electron chi connectivity index (χ1n) is 6.73. The number of hydrogen-bond donors (Lipinski definition) is 1. The summed E-state index contributed by atoms with van der Waals surface area (Å²) in [5.74, 6) is 2.42. The third kappa shape index (κ3) is 3.05. The Hall–Kier alpha value is -0.580. The first kappa shape index (κ1) is 13.8. The van der Waals surface area contributed by atoms with E-state index in [4.69, 9.17) is 5.73 Å². The Kier molecular flexibility index (Phi) is 5.03. The van der Waals surface area contributed by atoms with Gasteiger partial charge in [0.15, 0.2) is 0 Å². The maximum atomic E-state index is 6.37. The van der Waals surface area contributed by atoms with Crippen LogP contribution in [0.25, 0.3) is 0 Å². The molecular formula is C14H23N3S. The molecule has 2 rings (SSSR count). The number of rotatable bonds is 4. The third-order valence-electron chi connectivity index (χ3n) is 3.70. The number of thioether (sulfide) groups is 1. The molecule has 0 saturated carbocycles. The highest BCUT2D eigenvalue weighted by Crippen LogP contribution is 2.30. The van der Waals surface area contributed by atoms with Crippen molar-refractivity contribution in [3.05, 3.63) is 30.1 Å². The summed E-state index contributed by atoms with van der Waals surface area (Å²) in [5.41, 5.74) is 7.68. The minimum atomic E-state index is 0.193. The molecule has 100 valence electrons. The van der Waals surface area contributed by atoms with Crippen LogP contribution in [0.15, 0.2) is 24.5 Å². The molecule has 1 aromatic heterocycles. The fraction of sp³-hybridized carbons (Fsp3) is 0.643. The van der Waals surface area contributed by atoms with E-state index in [9.17, 15) is 0 Å². The first-order chi connectivity index (χ1) is 8.74. The van der Waals surface area contributed by atoms with Crippen LogP contribution in [-0.4, -0.2) is 40.0 Å². The number of nitrogens with two attached hydrogens (primary N) is 1. The Labute approximate surface area is 114 Å². The third-order valence-corrected chi connectivity index (χ3v) is 4.89. The normalized spacial score (nSPS) is 24.7. The fourth-order valence-electron chi connectivity index (χ4n) is 2.62. The second-order valence-corrected chi connectivity index (χ2v) is 6.11. The highest BCUT2D eigenvalue weighted by atomic mass is 32.2. The molecule has 0 aliphatic carbocycles. The number of nitrogens with zero attached hydrogens (tertiary/aromatic N) is 2. The van der Waals surface area contributed by atoms with Crippen molar-refractivity contribution < 1.29 is 0 Å². The predicted molar refractivity (Wildman–Crippen MR) is 78.7 cm³/mol. The van der Waals surface area contributed by atoms with E-state index in [2.05, 4.69) is 35.9 Å². The van der Waals surface area contributed by atoms with Crippen molar-refractivity contribution in [1.82, 2.24) is 9.88 Å². The molecule has 3 nitrogen and oxygen atoms in total. The predicted octanol–water partition coefficient (Wildman–Crippen LogP) is 2.30. The molecule has 1 aromatic rings. The summed E-state index contributed by atoms with van der Waals surface area (Å²) >= 11 is 2.04. The zero-order valence-electron chi connectivity index (χ0n) is 11.2. The molecule has 1 aliphatic heterocycles. The maximum Gasteiger partial charge on any atom is 0.0503 e. The SMILES string of the molecule is CCC(N)C(c1ccncc1)N1CCSCC1C. The minimum Gasteiger partial charge on any atom is -0.326 e. The lowest BCUT2D eigenvalue weighted by Crippen LogP contribution is -2.48. The second kappa shape index (κ2) is 6.55. The monoisotopic (exact) mass is 265 g/mol. The van der Waals surface area contributed by atoms with Crippen LogP contribution in [0.3, 0.4) is 0 Å². The van der Waals surface area contributed by atoms with Gasteiger partial charge < -0.3 is 5.73 Å². The van der Waals surface area contributed by atoms with Gasteiger partial charge in [0.25, 0.3) is 0 Å². The van der Waals surface area contributed by atoms with Crippen molar-refractivity contribution in [3.8, 4) is 0 Å². The average Bonchev–Trinajstić information content (AvgIpc) is 2.42. The lowest BCUT2D eigenvalue weighted by atomic mass is 9.96. The van der Waals surface area contributed by atoms with Gasteiger partial charge in [-0.25, -0.2) is 0 Å². The van der Waals surface area contributed by atoms with E-state index in [1.54, 1.807) is 0 Å². The van der Waals surface area contributed by atoms with E-state index < -0.39 is 0 Å². The van der Waals surface area contributed by atoms with Gasteiger partial charge in [0.2, 0.25) is 0 Å². The first-order valence-corrected chi connectivity index (χ1v) is 7.88. The van der Waals surface area contributed by atoms with Crippen molar-refractivity contribution in [1.29, 1.82) is 0 Å². The summed E-state index contributed by atoms with van der Waals surface area (Å²) < 4.78 is 0. The molecule has 1 aliphatic rings. The fourth-order valence-corrected chi connectivity index (χ4v) is 3.66. The maximum absolute atomic E-state index is 6.37. The van der Waals surface area contributed by atoms with E-state index in [0.29, 0.717) is 12.1 Å². The van der Waals surface area contributed by atoms with Crippen LogP contribution < -0.4 is 5.73 Å². The number of aromatic nitrogens is 1. The molecule has 0 radical (unpaired) electrons. The average molecular weight is 265 g/mol. The number of pyridine rings is 1. The topological polar surface area (TPSA) is 42.1 Å². The van der Waals surface area contributed by atoms with Crippen LogP contribution in [0.1, 0.15) is 31.9 Å². The van der Waals surface area contributed by atoms with Crippen LogP contribution in [0.5, 0.6) is 0 Å². The summed E-state index contributed by atoms with van der Waals surface area (Å²) in [7, 11) is 0. The zero-order chi connectivity index (χ0) is 13.0. The van der Waals surface area contributed by atoms with Gasteiger partial charge in [-0.1, -0.05) is 6.92 Å². The van der Waals surface area contributed by atoms with Crippen molar-refractivity contribution >= 4 is 11.8 Å². The number of hydrogen-bond acceptors (Lipinski definition) is 4. The van der Waals surface area contributed by atoms with E-state index in [-0.39, 0.29) is 6.04 Å². The van der Waals surface area contributed by atoms with Crippen LogP contribution in [-0.2, 0) is 0 Å². The Bertz CT molecular complexity index is 357. The molecule has 0 aromatic carbocycles. The summed E-state index contributed by atoms with van der Waals surface area (Å²) in [6, 6.07) is 5.33. The minimum absolute atomic E-state index is 0.193. The van der Waals surface area contributed by atoms with Crippen molar-refractivity contribution in [2.75, 3.05) is 18.1 Å². The highest BCUT2D eigenvalue weighted by Gasteiger charge is 2.30. The molecule has 0 bridgehead atoms. The van der Waals surface area contributed by atoms with E-state index in [1.807, 2.05) is 24.2 Å². The molecule has 18 heavy (non-hydrogen) atoms. The van der Waals surface area contributed by atoms with Gasteiger partial charge in [-0.05, 0) is 31.0 Å². The van der Waals surface area contributed by atoms with Gasteiger partial charge in [-0.15, -0.1) is 0 Å². The lowest BCUT2D eigenvalue weighted by Gasteiger charge is -2.42. The second-order valence-electron chi connectivity index (χ2n) is 4.96. The van der Waals surface area contributed by atoms with E-state index >= 15 is 0 Å². The van der Waals surface area contributed by atoms with E-state index in [1.165, 1.54) is 17.1 Å². The quantitative estimate of drug-likeness (QED) is 0.907. The largest absolute Gasteiger partial charge is 0.326 e. The van der Waals surface area contributed by atoms with Gasteiger partial charge >= 0.3 is 0 Å². The van der Waals surface area contributed by atoms with Crippen LogP contribution in [0.4, 0.5) is 0 Å². The Balaban J connectivity index is 2.24. The molecule has 2 N–H and O–H groups in total. The molecule has 2 heterocycles. The van der Waals surface area contributed by atoms with Crippen LogP contribution >= 0.6 is 11.8 Å². The van der Waals surface area contributed by atoms with Crippen LogP contribution in [0.2, 0.25) is 0 Å². The lowest BCUT2D eigenvalue weighted by molar-refractivity contribution is 0.137. The van der Waals surface area contributed by atoms with Crippen molar-refractivity contribution in [2.45, 2.75) is 38.4 Å². The van der Waals surface area contributed by atoms with Gasteiger partial charge in [0.1, 0.15) is 0 Å². The molecule has 3 unspecified atom stereocenters. The molecule has 0 amide bonds. The van der Waals surface area contributed by atoms with Crippen molar-refractivity contribution in [3.63, 3.8) is 0 Å². The molecule has 1 saturated heterocycles. The Morgan fingerprint density at radius 3 is 2.83 bits per heavy atom. The molecule has 0 spiro atoms. The van der Waals surface area contributed by atoms with Gasteiger partial charge in [-0.2, -0.15) is 11.8 Å². The summed E-state index contributed by atoms with van der Waals surface area (Å²) in [5, 5.41) is 0. The van der Waals surface area contributed by atoms with Gasteiger partial charge in [0, 0.05) is 42.5 Å². The smallest absolute Gasteiger partial charge is 0.0503 e. The van der Waals surface area contributed by atoms with E-state index in [0.717, 1.165) is 13.0 Å². The van der Waals surface area contributed by atoms with Crippen LogP contribution in [0, 0.1) is 0 Å². The summed E-state index contributed by atoms with van der Waals surface area (Å²) in [4.78, 5) is 6.68. The standard InChI is InChI=1S/C14H23N3S/c1-3-13(15)14(12-4-6-16-7-5-12)17-8-9-18-10-11(17)2/h4-7,11,13-14H,3,8-10,15H2,1-2H3. The van der Waals surface area contributed by atoms with Gasteiger partial charge in [-0.3, -0.25) is 9.88 Å².